The van der Waals surface area contributed by atoms with E-state index in [0.717, 1.165) is 5.69 Å². The predicted molar refractivity (Wildman–Crippen MR) is 92.4 cm³/mol. The van der Waals surface area contributed by atoms with Gasteiger partial charge in [0.2, 0.25) is 11.8 Å². The van der Waals surface area contributed by atoms with Gasteiger partial charge >= 0.3 is 0 Å². The molecule has 1 aromatic heterocycles. The van der Waals surface area contributed by atoms with Crippen LogP contribution in [0.4, 0.5) is 0 Å². The summed E-state index contributed by atoms with van der Waals surface area (Å²) in [6.45, 7) is 0. The summed E-state index contributed by atoms with van der Waals surface area (Å²) in [5.41, 5.74) is 6.24. The molecule has 1 radical (unpaired) electrons. The molecule has 1 aliphatic carbocycles. The van der Waals surface area contributed by atoms with Gasteiger partial charge in [0.25, 0.3) is 0 Å². The Hall–Kier alpha value is -2.03. The van der Waals surface area contributed by atoms with Gasteiger partial charge < -0.3 is 15.9 Å². The number of aliphatic hydroxyl groups is 2. The minimum absolute atomic E-state index is 0.0447. The minimum atomic E-state index is -1.40. The van der Waals surface area contributed by atoms with Crippen molar-refractivity contribution in [3.05, 3.63) is 36.5 Å². The number of amides is 2. The zero-order chi connectivity index (χ0) is 19.2. The van der Waals surface area contributed by atoms with Gasteiger partial charge in [-0.1, -0.05) is 6.07 Å². The van der Waals surface area contributed by atoms with Gasteiger partial charge in [-0.25, -0.2) is 5.48 Å². The van der Waals surface area contributed by atoms with Gasteiger partial charge in [-0.3, -0.25) is 19.8 Å². The van der Waals surface area contributed by atoms with Gasteiger partial charge in [0.05, 0.1) is 17.6 Å². The van der Waals surface area contributed by atoms with Crippen molar-refractivity contribution in [2.24, 2.45) is 17.6 Å². The highest BCUT2D eigenvalue weighted by molar-refractivity contribution is 5.79. The first-order valence-electron chi connectivity index (χ1n) is 8.72. The van der Waals surface area contributed by atoms with Crippen molar-refractivity contribution in [2.45, 2.75) is 50.2 Å². The van der Waals surface area contributed by atoms with E-state index in [0.29, 0.717) is 19.3 Å². The lowest BCUT2D eigenvalue weighted by atomic mass is 9.70. The van der Waals surface area contributed by atoms with E-state index in [2.05, 4.69) is 4.98 Å². The molecule has 0 bridgehead atoms. The van der Waals surface area contributed by atoms with E-state index < -0.39 is 29.4 Å². The number of carbonyl (C=O) groups excluding carboxylic acids is 2. The van der Waals surface area contributed by atoms with Gasteiger partial charge in [-0.05, 0) is 57.1 Å². The average molecular weight is 364 g/mol. The lowest BCUT2D eigenvalue weighted by Crippen LogP contribution is -2.50. The third-order valence-electron chi connectivity index (χ3n) is 5.13. The Bertz CT molecular complexity index is 602. The van der Waals surface area contributed by atoms with Crippen LogP contribution in [0.2, 0.25) is 0 Å². The van der Waals surface area contributed by atoms with E-state index in [1.54, 1.807) is 24.2 Å². The van der Waals surface area contributed by atoms with Crippen LogP contribution < -0.4 is 11.2 Å². The fourth-order valence-corrected chi connectivity index (χ4v) is 3.51. The summed E-state index contributed by atoms with van der Waals surface area (Å²) in [7, 11) is 0. The van der Waals surface area contributed by atoms with Crippen LogP contribution in [-0.4, -0.2) is 43.9 Å². The first-order valence-corrected chi connectivity index (χ1v) is 8.72. The SMILES string of the molecule is NC(=O)C1CCC(O)(C(CC(O)[CH]Cc2ccccn2)C(=O)NO)CC1. The van der Waals surface area contributed by atoms with Crippen LogP contribution >= 0.6 is 0 Å². The molecule has 0 spiro atoms. The molecule has 2 atom stereocenters. The maximum Gasteiger partial charge on any atom is 0.249 e. The van der Waals surface area contributed by atoms with E-state index in [4.69, 9.17) is 10.9 Å². The van der Waals surface area contributed by atoms with Gasteiger partial charge in [-0.15, -0.1) is 0 Å². The average Bonchev–Trinajstić information content (AvgIpc) is 2.65. The molecular weight excluding hydrogens is 338 g/mol. The normalized spacial score (nSPS) is 25.3. The number of pyridine rings is 1. The highest BCUT2D eigenvalue weighted by Gasteiger charge is 2.45. The third-order valence-corrected chi connectivity index (χ3v) is 5.13. The molecular formula is C18H26N3O5. The molecule has 26 heavy (non-hydrogen) atoms. The van der Waals surface area contributed by atoms with Gasteiger partial charge in [0, 0.05) is 17.8 Å². The number of nitrogens with zero attached hydrogens (tertiary/aromatic N) is 1. The second-order valence-electron chi connectivity index (χ2n) is 6.87. The fourth-order valence-electron chi connectivity index (χ4n) is 3.51. The van der Waals surface area contributed by atoms with Crippen LogP contribution in [0.15, 0.2) is 24.4 Å². The maximum atomic E-state index is 12.1. The summed E-state index contributed by atoms with van der Waals surface area (Å²) in [6, 6.07) is 5.45. The van der Waals surface area contributed by atoms with E-state index >= 15 is 0 Å². The molecule has 2 unspecified atom stereocenters. The van der Waals surface area contributed by atoms with Gasteiger partial charge in [0.15, 0.2) is 0 Å². The number of hydrogen-bond acceptors (Lipinski definition) is 6. The Balaban J connectivity index is 1.98. The molecule has 0 saturated heterocycles. The predicted octanol–water partition coefficient (Wildman–Crippen LogP) is 0.108. The first-order chi connectivity index (χ1) is 12.4. The smallest absolute Gasteiger partial charge is 0.249 e. The summed E-state index contributed by atoms with van der Waals surface area (Å²) in [5.74, 6) is -2.50. The number of aromatic nitrogens is 1. The van der Waals surface area contributed by atoms with Crippen LogP contribution in [0.5, 0.6) is 0 Å². The molecule has 2 rings (SSSR count). The van der Waals surface area contributed by atoms with Crippen molar-refractivity contribution in [3.8, 4) is 0 Å². The second-order valence-corrected chi connectivity index (χ2v) is 6.87. The Labute approximate surface area is 152 Å². The van der Waals surface area contributed by atoms with Gasteiger partial charge in [0.1, 0.15) is 0 Å². The van der Waals surface area contributed by atoms with Crippen LogP contribution in [0.1, 0.15) is 37.8 Å². The number of nitrogens with one attached hydrogen (secondary N) is 1. The summed E-state index contributed by atoms with van der Waals surface area (Å²) in [6.07, 6.45) is 3.81. The monoisotopic (exact) mass is 364 g/mol. The molecule has 1 saturated carbocycles. The van der Waals surface area contributed by atoms with Crippen molar-refractivity contribution >= 4 is 11.8 Å². The standard InChI is InChI=1S/C18H26N3O5/c19-16(23)12-6-8-18(25,9-7-12)15(17(24)21-26)11-14(22)5-4-13-3-1-2-10-20-13/h1-3,5,10,12,14-15,22,25-26H,4,6-9,11H2,(H2,19,23)(H,21,24). The Kier molecular flexibility index (Phi) is 7.07. The summed E-state index contributed by atoms with van der Waals surface area (Å²) in [4.78, 5) is 27.5. The van der Waals surface area contributed by atoms with Crippen LogP contribution in [0.3, 0.4) is 0 Å². The maximum absolute atomic E-state index is 12.1. The Morgan fingerprint density at radius 1 is 1.38 bits per heavy atom. The lowest BCUT2D eigenvalue weighted by molar-refractivity contribution is -0.150. The van der Waals surface area contributed by atoms with Crippen LogP contribution in [-0.2, 0) is 16.0 Å². The molecule has 8 nitrogen and oxygen atoms in total. The Morgan fingerprint density at radius 2 is 2.08 bits per heavy atom. The molecule has 1 aliphatic rings. The zero-order valence-electron chi connectivity index (χ0n) is 14.5. The third kappa shape index (κ3) is 5.23. The number of rotatable bonds is 8. The quantitative estimate of drug-likeness (QED) is 0.327. The van der Waals surface area contributed by atoms with E-state index in [1.165, 1.54) is 0 Å². The zero-order valence-corrected chi connectivity index (χ0v) is 14.5. The minimum Gasteiger partial charge on any atom is -0.393 e. The van der Waals surface area contributed by atoms with E-state index in [1.807, 2.05) is 12.1 Å². The number of hydroxylamine groups is 1. The van der Waals surface area contributed by atoms with Crippen molar-refractivity contribution in [1.29, 1.82) is 0 Å². The highest BCUT2D eigenvalue weighted by Crippen LogP contribution is 2.39. The van der Waals surface area contributed by atoms with E-state index in [-0.39, 0.29) is 25.2 Å². The van der Waals surface area contributed by atoms with Crippen molar-refractivity contribution < 1.29 is 25.0 Å². The number of carbonyl (C=O) groups is 2. The number of nitrogens with two attached hydrogens (primary N) is 1. The van der Waals surface area contributed by atoms with Crippen LogP contribution in [0, 0.1) is 18.3 Å². The topological polar surface area (TPSA) is 146 Å². The number of hydrogen-bond donors (Lipinski definition) is 5. The number of aliphatic hydroxyl groups excluding tert-OH is 1. The molecule has 1 fully saturated rings. The van der Waals surface area contributed by atoms with Crippen molar-refractivity contribution in [1.82, 2.24) is 10.5 Å². The molecule has 0 aromatic carbocycles. The molecule has 1 heterocycles. The lowest BCUT2D eigenvalue weighted by Gasteiger charge is -2.40. The fraction of sp³-hybridized carbons (Fsp3) is 0.556. The number of primary amides is 1. The summed E-state index contributed by atoms with van der Waals surface area (Å²) in [5, 5.41) is 30.2. The first kappa shape index (κ1) is 20.3. The van der Waals surface area contributed by atoms with E-state index in [9.17, 15) is 19.8 Å². The molecule has 143 valence electrons. The van der Waals surface area contributed by atoms with Crippen molar-refractivity contribution in [2.75, 3.05) is 0 Å². The van der Waals surface area contributed by atoms with Crippen LogP contribution in [0.25, 0.3) is 0 Å². The Morgan fingerprint density at radius 3 is 2.62 bits per heavy atom. The molecule has 2 amide bonds. The molecule has 0 aliphatic heterocycles. The van der Waals surface area contributed by atoms with Crippen molar-refractivity contribution in [3.63, 3.8) is 0 Å². The van der Waals surface area contributed by atoms with Gasteiger partial charge in [-0.2, -0.15) is 0 Å². The summed E-state index contributed by atoms with van der Waals surface area (Å²) >= 11 is 0. The largest absolute Gasteiger partial charge is 0.393 e. The highest BCUT2D eigenvalue weighted by atomic mass is 16.5. The molecule has 1 aromatic rings. The molecule has 6 N–H and O–H groups in total. The second kappa shape index (κ2) is 9.07. The summed E-state index contributed by atoms with van der Waals surface area (Å²) < 4.78 is 0. The molecule has 8 heteroatoms.